The van der Waals surface area contributed by atoms with E-state index in [1.165, 1.54) is 12.1 Å². The molecule has 0 saturated heterocycles. The van der Waals surface area contributed by atoms with Gasteiger partial charge in [-0.2, -0.15) is 0 Å². The van der Waals surface area contributed by atoms with E-state index in [1.54, 1.807) is 42.5 Å². The summed E-state index contributed by atoms with van der Waals surface area (Å²) in [5.74, 6) is -1.01. The third-order valence-corrected chi connectivity index (χ3v) is 12.7. The lowest BCUT2D eigenvalue weighted by Crippen LogP contribution is -2.70. The Bertz CT molecular complexity index is 2160. The number of unbranched alkanes of at least 4 members (excludes halogenated alkanes) is 2. The molecule has 3 N–H and O–H groups in total. The van der Waals surface area contributed by atoms with Gasteiger partial charge in [0.15, 0.2) is 0 Å². The SMILES string of the molecule is C=CCO[C@@]12Oc3ccc(Oc4cccc(C=O)c4)cc3[C@H]3[C@H](CCCCO)[C@@H](CCCCO)C=C(C(=NOCc4ccc([N+](=O)[O-])cc4)C[C@@H]1N(CCOCCO)C(=O)C1CC1)[C@H]32. The first-order chi connectivity index (χ1) is 31.2. The number of ether oxygens (including phenoxy) is 4. The molecule has 4 aliphatic rings. The van der Waals surface area contributed by atoms with E-state index in [1.807, 2.05) is 23.1 Å². The molecule has 0 unspecified atom stereocenters. The second-order valence-corrected chi connectivity index (χ2v) is 16.9. The lowest BCUT2D eigenvalue weighted by Gasteiger charge is -2.60. The Kier molecular flexibility index (Phi) is 16.0. The van der Waals surface area contributed by atoms with Crippen LogP contribution in [0.1, 0.15) is 85.2 Å². The maximum absolute atomic E-state index is 14.6. The smallest absolute Gasteiger partial charge is 0.269 e. The van der Waals surface area contributed by atoms with E-state index in [-0.39, 0.29) is 94.5 Å². The van der Waals surface area contributed by atoms with Crippen LogP contribution < -0.4 is 9.47 Å². The zero-order valence-electron chi connectivity index (χ0n) is 36.1. The number of non-ortho nitro benzene ring substituents is 1. The van der Waals surface area contributed by atoms with E-state index in [0.29, 0.717) is 46.9 Å². The Balaban J connectivity index is 1.41. The number of allylic oxidation sites excluding steroid dienone is 1. The van der Waals surface area contributed by atoms with Crippen molar-refractivity contribution >= 4 is 23.6 Å². The molecule has 0 radical (unpaired) electrons. The molecule has 2 saturated carbocycles. The predicted octanol–water partition coefficient (Wildman–Crippen LogP) is 7.28. The largest absolute Gasteiger partial charge is 0.459 e. The van der Waals surface area contributed by atoms with E-state index in [0.717, 1.165) is 55.9 Å². The molecule has 0 bridgehead atoms. The van der Waals surface area contributed by atoms with Crippen molar-refractivity contribution in [3.05, 3.63) is 118 Å². The summed E-state index contributed by atoms with van der Waals surface area (Å²) < 4.78 is 26.6. The standard InChI is InChI=1S/C49H59N3O12/c1-2-24-61-49-45(51(20-25-60-26-23-55)48(57)35-14-15-35)30-43(50-62-32-33-12-16-37(17-13-33)52(58)59)41-28-36(9-3-5-21-53)40(11-4-6-22-54)46(47(41)49)42-29-39(18-19-44(42)64-49)63-38-10-7-8-34(27-38)31-56/h2,7-8,10,12-13,16-19,27-29,31,35-36,40,45-47,53-55H,1,3-6,9,11,14-15,20-26,30,32H2/t36-,40+,45-,46+,47+,49+/m0/s1. The van der Waals surface area contributed by atoms with E-state index >= 15 is 0 Å². The highest BCUT2D eigenvalue weighted by atomic mass is 16.7. The molecule has 64 heavy (non-hydrogen) atoms. The molecule has 7 rings (SSSR count). The summed E-state index contributed by atoms with van der Waals surface area (Å²) in [5, 5.41) is 45.7. The lowest BCUT2D eigenvalue weighted by atomic mass is 9.55. The summed E-state index contributed by atoms with van der Waals surface area (Å²) in [4.78, 5) is 45.1. The van der Waals surface area contributed by atoms with Crippen LogP contribution in [0.2, 0.25) is 0 Å². The zero-order chi connectivity index (χ0) is 45.1. The van der Waals surface area contributed by atoms with Gasteiger partial charge in [-0.1, -0.05) is 42.3 Å². The van der Waals surface area contributed by atoms with Crippen LogP contribution in [0.5, 0.6) is 17.2 Å². The van der Waals surface area contributed by atoms with Gasteiger partial charge in [0.05, 0.1) is 43.0 Å². The van der Waals surface area contributed by atoms with E-state index in [2.05, 4.69) is 12.7 Å². The van der Waals surface area contributed by atoms with Crippen molar-refractivity contribution in [3.8, 4) is 17.2 Å². The van der Waals surface area contributed by atoms with Crippen molar-refractivity contribution < 1.29 is 53.6 Å². The van der Waals surface area contributed by atoms with Crippen molar-refractivity contribution in [3.63, 3.8) is 0 Å². The highest BCUT2D eigenvalue weighted by Gasteiger charge is 2.66. The number of amides is 1. The normalized spacial score (nSPS) is 23.8. The molecule has 3 aromatic carbocycles. The van der Waals surface area contributed by atoms with Gasteiger partial charge < -0.3 is 44.0 Å². The quantitative estimate of drug-likeness (QED) is 0.0253. The second-order valence-electron chi connectivity index (χ2n) is 16.9. The molecule has 3 aromatic rings. The van der Waals surface area contributed by atoms with Gasteiger partial charge in [0.25, 0.3) is 5.69 Å². The number of aldehydes is 1. The zero-order valence-corrected chi connectivity index (χ0v) is 36.1. The Morgan fingerprint density at radius 1 is 0.969 bits per heavy atom. The van der Waals surface area contributed by atoms with Crippen LogP contribution in [0.3, 0.4) is 0 Å². The molecule has 1 amide bonds. The molecule has 1 heterocycles. The number of rotatable bonds is 25. The summed E-state index contributed by atoms with van der Waals surface area (Å²) in [6, 6.07) is 18.0. The van der Waals surface area contributed by atoms with Crippen molar-refractivity contribution in [2.24, 2.45) is 28.8 Å². The minimum atomic E-state index is -1.47. The van der Waals surface area contributed by atoms with Gasteiger partial charge in [0.2, 0.25) is 11.7 Å². The summed E-state index contributed by atoms with van der Waals surface area (Å²) in [7, 11) is 0. The number of fused-ring (bicyclic) bond motifs is 2. The summed E-state index contributed by atoms with van der Waals surface area (Å²) in [6.07, 6.45) is 10.6. The topological polar surface area (TPSA) is 200 Å². The van der Waals surface area contributed by atoms with Crippen LogP contribution in [-0.4, -0.2) is 101 Å². The number of oxime groups is 1. The number of aliphatic hydroxyl groups is 3. The summed E-state index contributed by atoms with van der Waals surface area (Å²) >= 11 is 0. The van der Waals surface area contributed by atoms with Gasteiger partial charge in [-0.3, -0.25) is 19.7 Å². The fourth-order valence-corrected chi connectivity index (χ4v) is 9.71. The van der Waals surface area contributed by atoms with Crippen molar-refractivity contribution in [2.75, 3.05) is 46.2 Å². The summed E-state index contributed by atoms with van der Waals surface area (Å²) in [5.41, 5.74) is 3.45. The molecule has 0 spiro atoms. The number of benzene rings is 3. The minimum Gasteiger partial charge on any atom is -0.459 e. The Morgan fingerprint density at radius 2 is 1.73 bits per heavy atom. The van der Waals surface area contributed by atoms with Gasteiger partial charge in [0.1, 0.15) is 36.2 Å². The molecule has 2 fully saturated rings. The maximum atomic E-state index is 14.6. The monoisotopic (exact) mass is 881 g/mol. The number of nitrogens with zero attached hydrogens (tertiary/aromatic N) is 3. The fourth-order valence-electron chi connectivity index (χ4n) is 9.71. The van der Waals surface area contributed by atoms with Crippen molar-refractivity contribution in [1.82, 2.24) is 4.90 Å². The van der Waals surface area contributed by atoms with E-state index < -0.39 is 22.7 Å². The summed E-state index contributed by atoms with van der Waals surface area (Å²) in [6.45, 7) is 4.53. The van der Waals surface area contributed by atoms with E-state index in [4.69, 9.17) is 28.9 Å². The molecule has 15 heteroatoms. The number of hydrogen-bond acceptors (Lipinski definition) is 13. The van der Waals surface area contributed by atoms with Crippen molar-refractivity contribution in [2.45, 2.75) is 82.1 Å². The second kappa shape index (κ2) is 22.0. The lowest BCUT2D eigenvalue weighted by molar-refractivity contribution is -0.384. The average molecular weight is 882 g/mol. The number of nitro benzene ring substituents is 1. The number of aliphatic hydroxyl groups excluding tert-OH is 3. The van der Waals surface area contributed by atoms with Crippen LogP contribution in [0.4, 0.5) is 5.69 Å². The minimum absolute atomic E-state index is 0.00843. The van der Waals surface area contributed by atoms with Gasteiger partial charge in [-0.25, -0.2) is 0 Å². The van der Waals surface area contributed by atoms with Gasteiger partial charge in [-0.05, 0) is 104 Å². The first-order valence-electron chi connectivity index (χ1n) is 22.4. The average Bonchev–Trinajstić information content (AvgIpc) is 4.16. The maximum Gasteiger partial charge on any atom is 0.269 e. The third-order valence-electron chi connectivity index (χ3n) is 12.7. The molecular weight excluding hydrogens is 823 g/mol. The Hall–Kier alpha value is -5.45. The van der Waals surface area contributed by atoms with Crippen LogP contribution >= 0.6 is 0 Å². The first kappa shape index (κ1) is 46.5. The van der Waals surface area contributed by atoms with Crippen LogP contribution in [0, 0.1) is 33.8 Å². The van der Waals surface area contributed by atoms with Crippen molar-refractivity contribution in [1.29, 1.82) is 0 Å². The molecule has 1 aliphatic heterocycles. The number of carbonyl (C=O) groups is 2. The van der Waals surface area contributed by atoms with Crippen LogP contribution in [-0.2, 0) is 25.7 Å². The highest BCUT2D eigenvalue weighted by Crippen LogP contribution is 2.62. The number of nitro groups is 1. The Labute approximate surface area is 373 Å². The highest BCUT2D eigenvalue weighted by molar-refractivity contribution is 6.03. The van der Waals surface area contributed by atoms with Crippen LogP contribution in [0.15, 0.2) is 96.2 Å². The molecule has 6 atom stereocenters. The molecule has 342 valence electrons. The van der Waals surface area contributed by atoms with Gasteiger partial charge in [0, 0.05) is 61.3 Å². The Morgan fingerprint density at radius 3 is 2.44 bits per heavy atom. The molecule has 0 aromatic heterocycles. The first-order valence-corrected chi connectivity index (χ1v) is 22.4. The third kappa shape index (κ3) is 10.6. The van der Waals surface area contributed by atoms with Gasteiger partial charge in [-0.15, -0.1) is 6.58 Å². The van der Waals surface area contributed by atoms with Crippen LogP contribution in [0.25, 0.3) is 0 Å². The fraction of sp³-hybridized carbons (Fsp3) is 0.490. The molecular formula is C49H59N3O12. The van der Waals surface area contributed by atoms with Gasteiger partial charge >= 0.3 is 0 Å². The number of carbonyl (C=O) groups excluding carboxylic acids is 2. The molecule has 3 aliphatic carbocycles. The van der Waals surface area contributed by atoms with E-state index in [9.17, 15) is 35.0 Å². The molecule has 15 nitrogen and oxygen atoms in total. The predicted molar refractivity (Wildman–Crippen MR) is 237 cm³/mol. The number of hydrogen-bond donors (Lipinski definition) is 3.